The summed E-state index contributed by atoms with van der Waals surface area (Å²) >= 11 is 0. The van der Waals surface area contributed by atoms with Crippen molar-refractivity contribution in [1.29, 1.82) is 0 Å². The highest BCUT2D eigenvalue weighted by Crippen LogP contribution is 2.23. The van der Waals surface area contributed by atoms with Crippen molar-refractivity contribution < 1.29 is 12.8 Å². The smallest absolute Gasteiger partial charge is 0.150 e. The van der Waals surface area contributed by atoms with Crippen molar-refractivity contribution in [2.45, 2.75) is 25.3 Å². The maximum Gasteiger partial charge on any atom is 0.150 e. The average molecular weight is 271 g/mol. The third-order valence-electron chi connectivity index (χ3n) is 3.40. The fraction of sp³-hybridized carbons (Fsp3) is 0.538. The molecule has 1 aromatic rings. The highest BCUT2D eigenvalue weighted by molar-refractivity contribution is 7.91. The molecule has 18 heavy (non-hydrogen) atoms. The lowest BCUT2D eigenvalue weighted by Gasteiger charge is -2.15. The van der Waals surface area contributed by atoms with Gasteiger partial charge in [-0.3, -0.25) is 0 Å². The van der Waals surface area contributed by atoms with E-state index in [0.29, 0.717) is 24.8 Å². The van der Waals surface area contributed by atoms with Crippen LogP contribution in [0.3, 0.4) is 0 Å². The van der Waals surface area contributed by atoms with E-state index >= 15 is 0 Å². The summed E-state index contributed by atoms with van der Waals surface area (Å²) in [5.41, 5.74) is 6.58. The van der Waals surface area contributed by atoms with E-state index in [-0.39, 0.29) is 29.3 Å². The van der Waals surface area contributed by atoms with Crippen molar-refractivity contribution in [3.8, 4) is 0 Å². The second kappa shape index (κ2) is 5.36. The summed E-state index contributed by atoms with van der Waals surface area (Å²) in [7, 11) is -2.85. The molecule has 2 atom stereocenters. The van der Waals surface area contributed by atoms with Gasteiger partial charge in [0.2, 0.25) is 0 Å². The Morgan fingerprint density at radius 1 is 1.39 bits per heavy atom. The van der Waals surface area contributed by atoms with E-state index in [9.17, 15) is 12.8 Å². The first-order valence-electron chi connectivity index (χ1n) is 6.16. The highest BCUT2D eigenvalue weighted by atomic mass is 32.2. The van der Waals surface area contributed by atoms with Crippen LogP contribution < -0.4 is 5.73 Å². The molecule has 1 fully saturated rings. The summed E-state index contributed by atoms with van der Waals surface area (Å²) in [4.78, 5) is 0. The van der Waals surface area contributed by atoms with Crippen LogP contribution in [0, 0.1) is 11.7 Å². The molecule has 0 saturated carbocycles. The number of sulfone groups is 1. The predicted molar refractivity (Wildman–Crippen MR) is 69.5 cm³/mol. The van der Waals surface area contributed by atoms with Crippen molar-refractivity contribution in [2.24, 2.45) is 11.7 Å². The number of halogens is 1. The first-order valence-corrected chi connectivity index (χ1v) is 7.98. The minimum atomic E-state index is -2.85. The van der Waals surface area contributed by atoms with Crippen LogP contribution in [0.25, 0.3) is 0 Å². The zero-order valence-corrected chi connectivity index (χ0v) is 11.0. The van der Waals surface area contributed by atoms with Gasteiger partial charge in [-0.15, -0.1) is 0 Å². The van der Waals surface area contributed by atoms with E-state index in [0.717, 1.165) is 0 Å². The van der Waals surface area contributed by atoms with Gasteiger partial charge in [-0.25, -0.2) is 12.8 Å². The van der Waals surface area contributed by atoms with E-state index in [1.165, 1.54) is 6.07 Å². The number of benzene rings is 1. The molecule has 2 N–H and O–H groups in total. The second-order valence-corrected chi connectivity index (χ2v) is 7.29. The lowest BCUT2D eigenvalue weighted by atomic mass is 9.95. The number of nitrogens with two attached hydrogens (primary N) is 1. The van der Waals surface area contributed by atoms with Crippen LogP contribution in [-0.4, -0.2) is 26.0 Å². The number of rotatable bonds is 4. The fourth-order valence-corrected chi connectivity index (χ4v) is 4.40. The van der Waals surface area contributed by atoms with E-state index in [4.69, 9.17) is 5.73 Å². The van der Waals surface area contributed by atoms with Crippen molar-refractivity contribution in [1.82, 2.24) is 0 Å². The molecule has 0 amide bonds. The minimum absolute atomic E-state index is 0.136. The molecule has 0 spiro atoms. The molecule has 2 rings (SSSR count). The van der Waals surface area contributed by atoms with E-state index in [1.54, 1.807) is 18.2 Å². The Morgan fingerprint density at radius 2 is 2.11 bits per heavy atom. The Hall–Kier alpha value is -0.940. The molecule has 1 saturated heterocycles. The van der Waals surface area contributed by atoms with Gasteiger partial charge < -0.3 is 5.73 Å². The zero-order chi connectivity index (χ0) is 13.2. The van der Waals surface area contributed by atoms with Crippen LogP contribution in [0.4, 0.5) is 4.39 Å². The SMILES string of the molecule is NC(Cc1ccccc1F)CC1CCS(=O)(=O)C1. The predicted octanol–water partition coefficient (Wildman–Crippen LogP) is 1.52. The van der Waals surface area contributed by atoms with Crippen LogP contribution in [0.1, 0.15) is 18.4 Å². The van der Waals surface area contributed by atoms with Gasteiger partial charge in [0.1, 0.15) is 5.82 Å². The first kappa shape index (κ1) is 13.5. The van der Waals surface area contributed by atoms with Crippen LogP contribution in [0.15, 0.2) is 24.3 Å². The Kier molecular flexibility index (Phi) is 4.02. The lowest BCUT2D eigenvalue weighted by Crippen LogP contribution is -2.27. The van der Waals surface area contributed by atoms with E-state index < -0.39 is 9.84 Å². The zero-order valence-electron chi connectivity index (χ0n) is 10.2. The van der Waals surface area contributed by atoms with E-state index in [1.807, 2.05) is 0 Å². The normalized spacial score (nSPS) is 24.0. The molecule has 5 heteroatoms. The summed E-state index contributed by atoms with van der Waals surface area (Å²) in [5.74, 6) is 0.394. The summed E-state index contributed by atoms with van der Waals surface area (Å²) in [6.07, 6.45) is 1.80. The Bertz CT molecular complexity index is 515. The fourth-order valence-electron chi connectivity index (χ4n) is 2.52. The van der Waals surface area contributed by atoms with Crippen LogP contribution in [0.5, 0.6) is 0 Å². The molecule has 0 aromatic heterocycles. The maximum atomic E-state index is 13.4. The molecule has 1 aliphatic rings. The molecule has 0 aliphatic carbocycles. The first-order chi connectivity index (χ1) is 8.46. The Balaban J connectivity index is 1.90. The molecule has 1 heterocycles. The highest BCUT2D eigenvalue weighted by Gasteiger charge is 2.29. The second-order valence-electron chi connectivity index (χ2n) is 5.06. The van der Waals surface area contributed by atoms with Gasteiger partial charge in [-0.05, 0) is 36.8 Å². The molecule has 1 aromatic carbocycles. The van der Waals surface area contributed by atoms with Crippen molar-refractivity contribution in [3.63, 3.8) is 0 Å². The van der Waals surface area contributed by atoms with Crippen molar-refractivity contribution >= 4 is 9.84 Å². The summed E-state index contributed by atoms with van der Waals surface area (Å²) in [6, 6.07) is 6.39. The van der Waals surface area contributed by atoms with Gasteiger partial charge in [0.05, 0.1) is 11.5 Å². The third kappa shape index (κ3) is 3.53. The Morgan fingerprint density at radius 3 is 2.72 bits per heavy atom. The van der Waals surface area contributed by atoms with E-state index in [2.05, 4.69) is 0 Å². The van der Waals surface area contributed by atoms with Gasteiger partial charge in [0.15, 0.2) is 9.84 Å². The molecule has 3 nitrogen and oxygen atoms in total. The standard InChI is InChI=1S/C13H18FNO2S/c14-13-4-2-1-3-11(13)8-12(15)7-10-5-6-18(16,17)9-10/h1-4,10,12H,5-9,15H2. The Labute approximate surface area is 107 Å². The number of hydrogen-bond acceptors (Lipinski definition) is 3. The molecule has 2 unspecified atom stereocenters. The van der Waals surface area contributed by atoms with Gasteiger partial charge in [-0.1, -0.05) is 18.2 Å². The summed E-state index contributed by atoms with van der Waals surface area (Å²) in [6.45, 7) is 0. The van der Waals surface area contributed by atoms with Crippen molar-refractivity contribution in [3.05, 3.63) is 35.6 Å². The van der Waals surface area contributed by atoms with Crippen LogP contribution >= 0.6 is 0 Å². The largest absolute Gasteiger partial charge is 0.327 e. The maximum absolute atomic E-state index is 13.4. The monoisotopic (exact) mass is 271 g/mol. The van der Waals surface area contributed by atoms with Gasteiger partial charge >= 0.3 is 0 Å². The molecular formula is C13H18FNO2S. The molecule has 0 bridgehead atoms. The van der Waals surface area contributed by atoms with Crippen LogP contribution in [-0.2, 0) is 16.3 Å². The lowest BCUT2D eigenvalue weighted by molar-refractivity contribution is 0.462. The third-order valence-corrected chi connectivity index (χ3v) is 5.24. The average Bonchev–Trinajstić information content (AvgIpc) is 2.61. The molecular weight excluding hydrogens is 253 g/mol. The molecule has 0 radical (unpaired) electrons. The molecule has 100 valence electrons. The quantitative estimate of drug-likeness (QED) is 0.903. The van der Waals surface area contributed by atoms with Gasteiger partial charge in [0.25, 0.3) is 0 Å². The molecule has 1 aliphatic heterocycles. The minimum Gasteiger partial charge on any atom is -0.327 e. The topological polar surface area (TPSA) is 60.2 Å². The van der Waals surface area contributed by atoms with Gasteiger partial charge in [0, 0.05) is 6.04 Å². The van der Waals surface area contributed by atoms with Crippen LogP contribution in [0.2, 0.25) is 0 Å². The summed E-state index contributed by atoms with van der Waals surface area (Å²) < 4.78 is 36.1. The summed E-state index contributed by atoms with van der Waals surface area (Å²) in [5, 5.41) is 0. The van der Waals surface area contributed by atoms with Crippen molar-refractivity contribution in [2.75, 3.05) is 11.5 Å². The number of hydrogen-bond donors (Lipinski definition) is 1. The van der Waals surface area contributed by atoms with Gasteiger partial charge in [-0.2, -0.15) is 0 Å².